The van der Waals surface area contributed by atoms with Crippen LogP contribution in [-0.2, 0) is 0 Å². The molecule has 0 aromatic heterocycles. The summed E-state index contributed by atoms with van der Waals surface area (Å²) in [6.45, 7) is -9.45. The molecule has 0 fully saturated rings. The van der Waals surface area contributed by atoms with Crippen LogP contribution in [0, 0.1) is 0 Å². The zero-order valence-electron chi connectivity index (χ0n) is 20.3. The summed E-state index contributed by atoms with van der Waals surface area (Å²) in [6, 6.07) is -3.38. The molecule has 0 rings (SSSR count). The highest BCUT2D eigenvalue weighted by atomic mass is 16.3. The second-order valence-corrected chi connectivity index (χ2v) is 2.57. The maximum absolute atomic E-state index is 7.96. The maximum Gasteiger partial charge on any atom is 0.210 e. The van der Waals surface area contributed by atoms with Crippen molar-refractivity contribution < 1.29 is 24.0 Å². The van der Waals surface area contributed by atoms with E-state index in [0.29, 0.717) is 0 Å². The van der Waals surface area contributed by atoms with Crippen molar-refractivity contribution in [3.05, 3.63) is 0 Å². The normalized spacial score (nSPS) is 32.6. The summed E-state index contributed by atoms with van der Waals surface area (Å²) in [7, 11) is 0. The van der Waals surface area contributed by atoms with Crippen LogP contribution in [0.5, 0.6) is 0 Å². The number of hydrogen-bond acceptors (Lipinski definition) is 4. The lowest BCUT2D eigenvalue weighted by atomic mass is 10.2. The molecule has 4 nitrogen and oxygen atoms in total. The van der Waals surface area contributed by atoms with Gasteiger partial charge in [-0.2, -0.15) is 0 Å². The molecular formula is C10H24N2O2. The first-order valence-corrected chi connectivity index (χ1v) is 4.43. The molecule has 0 heterocycles. The third kappa shape index (κ3) is 6.32. The minimum atomic E-state index is -3.31. The molecule has 0 aromatic carbocycles. The Bertz CT molecular complexity index is 412. The quantitative estimate of drug-likeness (QED) is 0.383. The SMILES string of the molecule is [2H]OC([2H])([2H])[C@H](CC)N([2H])C([2H])([2H])C([2H])([2H])N([2H])[C@@H](CC)C([2H])([2H])O[2H]. The van der Waals surface area contributed by atoms with Crippen molar-refractivity contribution in [1.29, 1.82) is 2.86 Å². The molecule has 0 aliphatic heterocycles. The van der Waals surface area contributed by atoms with E-state index in [2.05, 4.69) is 10.2 Å². The highest BCUT2D eigenvalue weighted by Crippen LogP contribution is 1.89. The van der Waals surface area contributed by atoms with E-state index in [1.165, 1.54) is 13.8 Å². The molecule has 86 valence electrons. The number of hydrogen-bond donors (Lipinski definition) is 4. The van der Waals surface area contributed by atoms with Crippen LogP contribution in [0.25, 0.3) is 0 Å². The zero-order valence-corrected chi connectivity index (χ0v) is 8.28. The Hall–Kier alpha value is -0.160. The van der Waals surface area contributed by atoms with Gasteiger partial charge in [-0.15, -0.1) is 0 Å². The predicted octanol–water partition coefficient (Wildman–Crippen LogP) is -0.293. The van der Waals surface area contributed by atoms with Crippen LogP contribution in [0.2, 0.25) is 2.82 Å². The van der Waals surface area contributed by atoms with Crippen molar-refractivity contribution in [2.45, 2.75) is 38.8 Å². The summed E-state index contributed by atoms with van der Waals surface area (Å²) >= 11 is 0. The summed E-state index contributed by atoms with van der Waals surface area (Å²) in [6.07, 6.45) is -0.423. The van der Waals surface area contributed by atoms with Gasteiger partial charge in [0.05, 0.1) is 18.6 Å². The van der Waals surface area contributed by atoms with Crippen LogP contribution in [0.4, 0.5) is 0 Å². The van der Waals surface area contributed by atoms with Gasteiger partial charge in [0.15, 0.2) is 0 Å². The first-order valence-electron chi connectivity index (χ1n) is 10.1. The Morgan fingerprint density at radius 3 is 1.86 bits per heavy atom. The monoisotopic (exact) mass is 216 g/mol. The largest absolute Gasteiger partial charge is 0.395 e. The topological polar surface area (TPSA) is 64.5 Å². The third-order valence-electron chi connectivity index (χ3n) is 1.54. The Kier molecular flexibility index (Phi) is 2.48. The van der Waals surface area contributed by atoms with Gasteiger partial charge >= 0.3 is 0 Å². The van der Waals surface area contributed by atoms with Gasteiger partial charge in [0.2, 0.25) is 2.86 Å². The number of aliphatic hydroxyl groups is 2. The van der Waals surface area contributed by atoms with E-state index < -0.39 is 38.2 Å². The van der Waals surface area contributed by atoms with Gasteiger partial charge in [0.1, 0.15) is 2.82 Å². The Balaban J connectivity index is 5.92. The van der Waals surface area contributed by atoms with Gasteiger partial charge in [0, 0.05) is 30.6 Å². The van der Waals surface area contributed by atoms with Crippen LogP contribution < -0.4 is 10.6 Å². The first kappa shape index (κ1) is 3.70. The van der Waals surface area contributed by atoms with Gasteiger partial charge in [-0.3, -0.25) is 0 Å². The van der Waals surface area contributed by atoms with Gasteiger partial charge < -0.3 is 20.8 Å². The van der Waals surface area contributed by atoms with Crippen molar-refractivity contribution in [2.75, 3.05) is 26.1 Å². The van der Waals surface area contributed by atoms with Crippen LogP contribution in [0.1, 0.15) is 37.7 Å². The molecule has 14 heavy (non-hydrogen) atoms. The predicted molar refractivity (Wildman–Crippen MR) is 58.3 cm³/mol. The average molecular weight is 216 g/mol. The standard InChI is InChI=1S/C10H24N2O2/c1-3-9(7-13)11-5-6-12-10(4-2)8-14/h9-14H,3-8H2,1-2H3/t9-,10-/m0/s1/i5D2,6D2,7D2,8D2,13D,14D/hD2. The minimum absolute atomic E-state index is 0.0626. The van der Waals surface area contributed by atoms with Crippen molar-refractivity contribution in [2.24, 2.45) is 0 Å². The van der Waals surface area contributed by atoms with Crippen LogP contribution in [0.3, 0.4) is 0 Å². The zero-order chi connectivity index (χ0) is 21.1. The van der Waals surface area contributed by atoms with E-state index >= 15 is 0 Å². The molecule has 2 atom stereocenters. The summed E-state index contributed by atoms with van der Waals surface area (Å²) in [5.74, 6) is 0. The van der Waals surface area contributed by atoms with Crippen LogP contribution in [0.15, 0.2) is 0 Å². The average Bonchev–Trinajstić information content (AvgIpc) is 2.55. The number of nitrogens with one attached hydrogen (secondary N) is 2. The Labute approximate surface area is 104 Å². The summed E-state index contributed by atoms with van der Waals surface area (Å²) < 4.78 is 91.3. The lowest BCUT2D eigenvalue weighted by Crippen LogP contribution is -2.40. The summed E-state index contributed by atoms with van der Waals surface area (Å²) in [5.41, 5.74) is 0. The molecule has 0 aromatic rings. The van der Waals surface area contributed by atoms with Gasteiger partial charge in [-0.05, 0) is 12.8 Å². The maximum atomic E-state index is 7.96. The van der Waals surface area contributed by atoms with Crippen molar-refractivity contribution >= 4 is 0 Å². The van der Waals surface area contributed by atoms with Gasteiger partial charge in [-0.25, -0.2) is 0 Å². The molecule has 0 saturated carbocycles. The van der Waals surface area contributed by atoms with Crippen molar-refractivity contribution in [1.82, 2.24) is 10.6 Å². The van der Waals surface area contributed by atoms with Crippen molar-refractivity contribution in [3.8, 4) is 0 Å². The lowest BCUT2D eigenvalue weighted by Gasteiger charge is -2.17. The van der Waals surface area contributed by atoms with Gasteiger partial charge in [0.25, 0.3) is 0 Å². The molecule has 0 saturated heterocycles. The third-order valence-corrected chi connectivity index (χ3v) is 1.54. The molecule has 0 unspecified atom stereocenters. The molecule has 4 heteroatoms. The van der Waals surface area contributed by atoms with Gasteiger partial charge in [-0.1, -0.05) is 13.8 Å². The highest BCUT2D eigenvalue weighted by Gasteiger charge is 2.04. The van der Waals surface area contributed by atoms with E-state index in [9.17, 15) is 0 Å². The first-order chi connectivity index (χ1) is 11.6. The second kappa shape index (κ2) is 9.40. The lowest BCUT2D eigenvalue weighted by molar-refractivity contribution is 0.229. The van der Waals surface area contributed by atoms with Crippen LogP contribution in [-0.4, -0.2) is 51.3 Å². The van der Waals surface area contributed by atoms with Crippen molar-refractivity contribution in [3.63, 3.8) is 0 Å². The summed E-state index contributed by atoms with van der Waals surface area (Å²) in [5, 5.41) is 7.65. The smallest absolute Gasteiger partial charge is 0.210 e. The summed E-state index contributed by atoms with van der Waals surface area (Å²) in [4.78, 5) is 0. The van der Waals surface area contributed by atoms with E-state index in [-0.39, 0.29) is 23.5 Å². The Morgan fingerprint density at radius 2 is 1.57 bits per heavy atom. The molecular weight excluding hydrogens is 180 g/mol. The molecule has 0 radical (unpaired) electrons. The number of rotatable bonds is 11. The van der Waals surface area contributed by atoms with E-state index in [1.54, 1.807) is 0 Å². The molecule has 0 bridgehead atoms. The fourth-order valence-corrected chi connectivity index (χ4v) is 0.616. The minimum Gasteiger partial charge on any atom is -0.395 e. The Morgan fingerprint density at radius 1 is 1.14 bits per heavy atom. The second-order valence-electron chi connectivity index (χ2n) is 2.57. The molecule has 0 aliphatic carbocycles. The molecule has 4 N–H and O–H groups in total. The van der Waals surface area contributed by atoms with E-state index in [4.69, 9.17) is 16.7 Å². The van der Waals surface area contributed by atoms with E-state index in [1.807, 2.05) is 0 Å². The highest BCUT2D eigenvalue weighted by molar-refractivity contribution is 4.67. The fraction of sp³-hybridized carbons (Fsp3) is 1.00. The van der Waals surface area contributed by atoms with E-state index in [0.717, 1.165) is 0 Å². The fourth-order valence-electron chi connectivity index (χ4n) is 0.616. The molecule has 0 aliphatic rings. The van der Waals surface area contributed by atoms with Crippen LogP contribution >= 0.6 is 0 Å². The molecule has 0 amide bonds. The molecule has 0 spiro atoms.